The van der Waals surface area contributed by atoms with Crippen molar-refractivity contribution in [3.63, 3.8) is 0 Å². The number of para-hydroxylation sites is 1. The molecule has 5 rings (SSSR count). The van der Waals surface area contributed by atoms with Crippen molar-refractivity contribution < 1.29 is 19.4 Å². The molecular weight excluding hydrogens is 500 g/mol. The van der Waals surface area contributed by atoms with Gasteiger partial charge in [0.2, 0.25) is 0 Å². The highest BCUT2D eigenvalue weighted by Crippen LogP contribution is 2.38. The Morgan fingerprint density at radius 1 is 0.868 bits per heavy atom. The number of aromatic hydroxyl groups is 1. The van der Waals surface area contributed by atoms with E-state index in [2.05, 4.69) is 10.3 Å². The van der Waals surface area contributed by atoms with E-state index < -0.39 is 6.04 Å². The molecule has 38 heavy (non-hydrogen) atoms. The Morgan fingerprint density at radius 2 is 1.55 bits per heavy atom. The molecule has 0 saturated heterocycles. The van der Waals surface area contributed by atoms with Gasteiger partial charge in [-0.1, -0.05) is 72.3 Å². The van der Waals surface area contributed by atoms with Crippen LogP contribution in [0, 0.1) is 0 Å². The van der Waals surface area contributed by atoms with Gasteiger partial charge in [0.1, 0.15) is 29.4 Å². The molecule has 1 heterocycles. The molecule has 0 spiro atoms. The Bertz CT molecular complexity index is 1530. The van der Waals surface area contributed by atoms with E-state index in [9.17, 15) is 9.90 Å². The lowest BCUT2D eigenvalue weighted by Gasteiger charge is -2.22. The number of amides is 1. The highest BCUT2D eigenvalue weighted by atomic mass is 35.5. The van der Waals surface area contributed by atoms with Crippen molar-refractivity contribution in [3.05, 3.63) is 131 Å². The molecule has 0 radical (unpaired) electrons. The maximum atomic E-state index is 13.0. The third-order valence-corrected chi connectivity index (χ3v) is 6.35. The molecule has 0 aliphatic rings. The third kappa shape index (κ3) is 5.88. The van der Waals surface area contributed by atoms with E-state index in [1.807, 2.05) is 72.8 Å². The minimum Gasteiger partial charge on any atom is -0.505 e. The number of hydrogen-bond acceptors (Lipinski definition) is 5. The standard InChI is InChI=1S/C31H25ClN2O4/c32-27-18-26(31(36)30-25(27)12-7-17-33-30)29(34-28(35)20-38-23-10-5-2-6-11-23)22-13-15-24(16-14-22)37-19-21-8-3-1-4-9-21/h1-18,29,36H,19-20H2,(H,34,35). The van der Waals surface area contributed by atoms with Crippen LogP contribution in [0.4, 0.5) is 0 Å². The number of carbonyl (C=O) groups excluding carboxylic acids is 1. The second-order valence-electron chi connectivity index (χ2n) is 8.64. The number of aromatic nitrogens is 1. The molecule has 7 heteroatoms. The fraction of sp³-hybridized carbons (Fsp3) is 0.0968. The minimum absolute atomic E-state index is 0.0521. The highest BCUT2D eigenvalue weighted by molar-refractivity contribution is 6.35. The molecule has 2 N–H and O–H groups in total. The van der Waals surface area contributed by atoms with Crippen LogP contribution >= 0.6 is 11.6 Å². The number of halogens is 1. The zero-order valence-electron chi connectivity index (χ0n) is 20.4. The largest absolute Gasteiger partial charge is 0.505 e. The van der Waals surface area contributed by atoms with Gasteiger partial charge in [0, 0.05) is 17.1 Å². The molecule has 4 aromatic carbocycles. The number of hydrogen-bond donors (Lipinski definition) is 2. The fourth-order valence-electron chi connectivity index (χ4n) is 4.13. The number of fused-ring (bicyclic) bond motifs is 1. The van der Waals surface area contributed by atoms with Gasteiger partial charge in [-0.15, -0.1) is 0 Å². The molecule has 1 aromatic heterocycles. The average molecular weight is 525 g/mol. The SMILES string of the molecule is O=C(COc1ccccc1)NC(c1ccc(OCc2ccccc2)cc1)c1cc(Cl)c2cccnc2c1O. The van der Waals surface area contributed by atoms with E-state index in [0.717, 1.165) is 11.1 Å². The summed E-state index contributed by atoms with van der Waals surface area (Å²) >= 11 is 6.56. The Kier molecular flexibility index (Phi) is 7.71. The number of carbonyl (C=O) groups is 1. The van der Waals surface area contributed by atoms with Crippen molar-refractivity contribution in [2.45, 2.75) is 12.6 Å². The maximum Gasteiger partial charge on any atom is 0.258 e. The number of ether oxygens (including phenoxy) is 2. The molecule has 6 nitrogen and oxygen atoms in total. The average Bonchev–Trinajstić information content (AvgIpc) is 2.97. The van der Waals surface area contributed by atoms with Gasteiger partial charge in [-0.25, -0.2) is 0 Å². The van der Waals surface area contributed by atoms with Crippen molar-refractivity contribution in [3.8, 4) is 17.2 Å². The smallest absolute Gasteiger partial charge is 0.258 e. The summed E-state index contributed by atoms with van der Waals surface area (Å²) in [4.78, 5) is 17.3. The number of pyridine rings is 1. The Balaban J connectivity index is 1.42. The molecule has 0 aliphatic carbocycles. The van der Waals surface area contributed by atoms with Gasteiger partial charge >= 0.3 is 0 Å². The maximum absolute atomic E-state index is 13.0. The second kappa shape index (κ2) is 11.7. The van der Waals surface area contributed by atoms with Crippen LogP contribution in [-0.4, -0.2) is 22.6 Å². The minimum atomic E-state index is -0.714. The molecule has 1 amide bonds. The number of phenols is 1. The second-order valence-corrected chi connectivity index (χ2v) is 9.05. The normalized spacial score (nSPS) is 11.6. The van der Waals surface area contributed by atoms with E-state index in [4.69, 9.17) is 21.1 Å². The fourth-order valence-corrected chi connectivity index (χ4v) is 4.40. The Morgan fingerprint density at radius 3 is 2.29 bits per heavy atom. The summed E-state index contributed by atoms with van der Waals surface area (Å²) in [6.45, 7) is 0.239. The zero-order valence-corrected chi connectivity index (χ0v) is 21.1. The van der Waals surface area contributed by atoms with E-state index in [0.29, 0.717) is 39.6 Å². The highest BCUT2D eigenvalue weighted by Gasteiger charge is 2.24. The van der Waals surface area contributed by atoms with Crippen LogP contribution in [0.5, 0.6) is 17.2 Å². The van der Waals surface area contributed by atoms with Crippen molar-refractivity contribution in [2.24, 2.45) is 0 Å². The summed E-state index contributed by atoms with van der Waals surface area (Å²) in [6.07, 6.45) is 1.59. The van der Waals surface area contributed by atoms with Gasteiger partial charge in [-0.2, -0.15) is 0 Å². The van der Waals surface area contributed by atoms with Crippen molar-refractivity contribution >= 4 is 28.4 Å². The lowest BCUT2D eigenvalue weighted by molar-refractivity contribution is -0.123. The predicted molar refractivity (Wildman–Crippen MR) is 148 cm³/mol. The molecule has 0 aliphatic heterocycles. The number of rotatable bonds is 9. The van der Waals surface area contributed by atoms with Crippen molar-refractivity contribution in [1.82, 2.24) is 10.3 Å². The van der Waals surface area contributed by atoms with Gasteiger partial charge < -0.3 is 19.9 Å². The first-order valence-electron chi connectivity index (χ1n) is 12.1. The number of nitrogens with zero attached hydrogens (tertiary/aromatic N) is 1. The van der Waals surface area contributed by atoms with Crippen LogP contribution in [0.25, 0.3) is 10.9 Å². The lowest BCUT2D eigenvalue weighted by Crippen LogP contribution is -2.33. The first-order chi connectivity index (χ1) is 18.6. The lowest BCUT2D eigenvalue weighted by atomic mass is 9.96. The van der Waals surface area contributed by atoms with Crippen LogP contribution < -0.4 is 14.8 Å². The first-order valence-corrected chi connectivity index (χ1v) is 12.5. The van der Waals surface area contributed by atoms with E-state index in [1.54, 1.807) is 36.5 Å². The van der Waals surface area contributed by atoms with Crippen molar-refractivity contribution in [2.75, 3.05) is 6.61 Å². The summed E-state index contributed by atoms with van der Waals surface area (Å²) in [7, 11) is 0. The molecule has 190 valence electrons. The van der Waals surface area contributed by atoms with Gasteiger partial charge in [0.05, 0.1) is 11.1 Å². The third-order valence-electron chi connectivity index (χ3n) is 6.04. The zero-order chi connectivity index (χ0) is 26.3. The molecule has 5 aromatic rings. The van der Waals surface area contributed by atoms with Crippen LogP contribution in [0.3, 0.4) is 0 Å². The molecule has 1 unspecified atom stereocenters. The van der Waals surface area contributed by atoms with Gasteiger partial charge in [-0.05, 0) is 53.6 Å². The van der Waals surface area contributed by atoms with Gasteiger partial charge in [0.15, 0.2) is 6.61 Å². The van der Waals surface area contributed by atoms with E-state index >= 15 is 0 Å². The number of nitrogens with one attached hydrogen (secondary N) is 1. The molecule has 0 saturated carbocycles. The predicted octanol–water partition coefficient (Wildman–Crippen LogP) is 6.46. The first kappa shape index (κ1) is 25.1. The van der Waals surface area contributed by atoms with Gasteiger partial charge in [-0.3, -0.25) is 9.78 Å². The van der Waals surface area contributed by atoms with E-state index in [1.165, 1.54) is 0 Å². The molecule has 0 fully saturated rings. The number of benzene rings is 4. The Labute approximate surface area is 225 Å². The summed E-state index contributed by atoms with van der Waals surface area (Å²) in [5, 5.41) is 15.2. The molecule has 1 atom stereocenters. The number of phenolic OH excluding ortho intramolecular Hbond substituents is 1. The quantitative estimate of drug-likeness (QED) is 0.231. The van der Waals surface area contributed by atoms with Crippen LogP contribution in [0.15, 0.2) is 109 Å². The van der Waals surface area contributed by atoms with Crippen LogP contribution in [-0.2, 0) is 11.4 Å². The summed E-state index contributed by atoms with van der Waals surface area (Å²) in [5.41, 5.74) is 2.57. The summed E-state index contributed by atoms with van der Waals surface area (Å²) < 4.78 is 11.5. The van der Waals surface area contributed by atoms with Gasteiger partial charge in [0.25, 0.3) is 5.91 Å². The molecule has 0 bridgehead atoms. The summed E-state index contributed by atoms with van der Waals surface area (Å²) in [5.74, 6) is 0.848. The van der Waals surface area contributed by atoms with Crippen molar-refractivity contribution in [1.29, 1.82) is 0 Å². The van der Waals surface area contributed by atoms with Crippen LogP contribution in [0.2, 0.25) is 5.02 Å². The topological polar surface area (TPSA) is 80.7 Å². The molecular formula is C31H25ClN2O4. The van der Waals surface area contributed by atoms with Crippen LogP contribution in [0.1, 0.15) is 22.7 Å². The Hall–Kier alpha value is -4.55. The monoisotopic (exact) mass is 524 g/mol. The van der Waals surface area contributed by atoms with E-state index in [-0.39, 0.29) is 18.3 Å². The summed E-state index contributed by atoms with van der Waals surface area (Å²) in [6, 6.07) is 30.8.